The first-order chi connectivity index (χ1) is 7.74. The van der Waals surface area contributed by atoms with E-state index in [2.05, 4.69) is 26.0 Å². The van der Waals surface area contributed by atoms with E-state index in [9.17, 15) is 0 Å². The predicted molar refractivity (Wildman–Crippen MR) is 67.3 cm³/mol. The quantitative estimate of drug-likeness (QED) is 0.794. The molecule has 0 saturated carbocycles. The van der Waals surface area contributed by atoms with Crippen molar-refractivity contribution in [3.63, 3.8) is 0 Å². The van der Waals surface area contributed by atoms with E-state index in [-0.39, 0.29) is 0 Å². The van der Waals surface area contributed by atoms with Gasteiger partial charge in [0.1, 0.15) is 11.5 Å². The maximum Gasteiger partial charge on any atom is 0.134 e. The first-order valence-corrected chi connectivity index (χ1v) is 5.72. The van der Waals surface area contributed by atoms with Crippen LogP contribution < -0.4 is 5.73 Å². The van der Waals surface area contributed by atoms with Gasteiger partial charge in [0.15, 0.2) is 0 Å². The summed E-state index contributed by atoms with van der Waals surface area (Å²) in [7, 11) is 0. The number of benzene rings is 1. The van der Waals surface area contributed by atoms with Crippen molar-refractivity contribution < 1.29 is 4.42 Å². The number of nitrogen functional groups attached to an aromatic ring is 1. The standard InChI is InChI=1S/C14H17NO/c1-3-10-5-6-11(9-13(10)15)14-8-7-12(4-2)16-14/h5-9H,3-4,15H2,1-2H3. The van der Waals surface area contributed by atoms with Gasteiger partial charge in [-0.2, -0.15) is 0 Å². The molecule has 0 aliphatic heterocycles. The van der Waals surface area contributed by atoms with Gasteiger partial charge in [-0.25, -0.2) is 0 Å². The molecule has 0 radical (unpaired) electrons. The molecule has 1 aromatic heterocycles. The van der Waals surface area contributed by atoms with Crippen molar-refractivity contribution in [1.82, 2.24) is 0 Å². The highest BCUT2D eigenvalue weighted by molar-refractivity contribution is 5.65. The minimum absolute atomic E-state index is 0.842. The third-order valence-electron chi connectivity index (χ3n) is 2.82. The number of anilines is 1. The highest BCUT2D eigenvalue weighted by Crippen LogP contribution is 2.26. The van der Waals surface area contributed by atoms with Gasteiger partial charge in [-0.15, -0.1) is 0 Å². The lowest BCUT2D eigenvalue weighted by atomic mass is 10.1. The molecule has 2 aromatic rings. The van der Waals surface area contributed by atoms with Crippen molar-refractivity contribution in [2.24, 2.45) is 0 Å². The molecule has 2 nitrogen and oxygen atoms in total. The Kier molecular flexibility index (Phi) is 3.00. The molecule has 2 heteroatoms. The van der Waals surface area contributed by atoms with Crippen LogP contribution >= 0.6 is 0 Å². The lowest BCUT2D eigenvalue weighted by molar-refractivity contribution is 0.529. The maximum absolute atomic E-state index is 5.97. The zero-order valence-corrected chi connectivity index (χ0v) is 9.79. The van der Waals surface area contributed by atoms with Gasteiger partial charge in [-0.1, -0.05) is 26.0 Å². The largest absolute Gasteiger partial charge is 0.461 e. The first-order valence-electron chi connectivity index (χ1n) is 5.72. The van der Waals surface area contributed by atoms with Crippen LogP contribution in [0.2, 0.25) is 0 Å². The second kappa shape index (κ2) is 4.44. The molecule has 2 rings (SSSR count). The van der Waals surface area contributed by atoms with Crippen molar-refractivity contribution in [1.29, 1.82) is 0 Å². The normalized spacial score (nSPS) is 10.6. The van der Waals surface area contributed by atoms with E-state index in [0.29, 0.717) is 0 Å². The van der Waals surface area contributed by atoms with Gasteiger partial charge in [0, 0.05) is 17.7 Å². The van der Waals surface area contributed by atoms with Crippen molar-refractivity contribution in [3.05, 3.63) is 41.7 Å². The SMILES string of the molecule is CCc1ccc(-c2ccc(CC)c(N)c2)o1. The van der Waals surface area contributed by atoms with Crippen LogP contribution in [0.15, 0.2) is 34.7 Å². The Hall–Kier alpha value is -1.70. The number of aryl methyl sites for hydroxylation is 2. The monoisotopic (exact) mass is 215 g/mol. The van der Waals surface area contributed by atoms with Gasteiger partial charge in [0.25, 0.3) is 0 Å². The molecule has 0 amide bonds. The van der Waals surface area contributed by atoms with E-state index < -0.39 is 0 Å². The van der Waals surface area contributed by atoms with E-state index in [1.54, 1.807) is 0 Å². The molecular formula is C14H17NO. The van der Waals surface area contributed by atoms with E-state index in [1.807, 2.05) is 18.2 Å². The molecular weight excluding hydrogens is 198 g/mol. The predicted octanol–water partition coefficient (Wildman–Crippen LogP) is 3.65. The van der Waals surface area contributed by atoms with E-state index >= 15 is 0 Å². The summed E-state index contributed by atoms with van der Waals surface area (Å²) in [4.78, 5) is 0. The third kappa shape index (κ3) is 1.96. The zero-order chi connectivity index (χ0) is 11.5. The minimum Gasteiger partial charge on any atom is -0.461 e. The molecule has 1 aromatic carbocycles. The van der Waals surface area contributed by atoms with Crippen LogP contribution in [0.1, 0.15) is 25.2 Å². The van der Waals surface area contributed by atoms with Gasteiger partial charge in [-0.3, -0.25) is 0 Å². The second-order valence-corrected chi connectivity index (χ2v) is 3.89. The van der Waals surface area contributed by atoms with Crippen LogP contribution in [0.3, 0.4) is 0 Å². The summed E-state index contributed by atoms with van der Waals surface area (Å²) in [5, 5.41) is 0. The topological polar surface area (TPSA) is 39.2 Å². The van der Waals surface area contributed by atoms with Crippen molar-refractivity contribution in [2.75, 3.05) is 5.73 Å². The second-order valence-electron chi connectivity index (χ2n) is 3.89. The van der Waals surface area contributed by atoms with Gasteiger partial charge < -0.3 is 10.2 Å². The summed E-state index contributed by atoms with van der Waals surface area (Å²) in [5.41, 5.74) is 9.05. The van der Waals surface area contributed by atoms with E-state index in [1.165, 1.54) is 5.56 Å². The zero-order valence-electron chi connectivity index (χ0n) is 9.79. The number of nitrogens with two attached hydrogens (primary N) is 1. The summed E-state index contributed by atoms with van der Waals surface area (Å²) >= 11 is 0. The molecule has 1 heterocycles. The maximum atomic E-state index is 5.97. The van der Waals surface area contributed by atoms with Crippen LogP contribution in [-0.2, 0) is 12.8 Å². The van der Waals surface area contributed by atoms with E-state index in [4.69, 9.17) is 10.2 Å². The molecule has 16 heavy (non-hydrogen) atoms. The molecule has 0 atom stereocenters. The molecule has 2 N–H and O–H groups in total. The lowest BCUT2D eigenvalue weighted by Crippen LogP contribution is -1.92. The van der Waals surface area contributed by atoms with Crippen LogP contribution in [0.4, 0.5) is 5.69 Å². The van der Waals surface area contributed by atoms with Gasteiger partial charge in [0.2, 0.25) is 0 Å². The van der Waals surface area contributed by atoms with E-state index in [0.717, 1.165) is 35.6 Å². The van der Waals surface area contributed by atoms with Crippen molar-refractivity contribution >= 4 is 5.69 Å². The molecule has 0 aliphatic carbocycles. The Bertz CT molecular complexity index is 485. The fraction of sp³-hybridized carbons (Fsp3) is 0.286. The van der Waals surface area contributed by atoms with Gasteiger partial charge in [0.05, 0.1) is 0 Å². The molecule has 0 unspecified atom stereocenters. The summed E-state index contributed by atoms with van der Waals surface area (Å²) in [6.45, 7) is 4.19. The highest BCUT2D eigenvalue weighted by Gasteiger charge is 2.05. The number of furan rings is 1. The summed E-state index contributed by atoms with van der Waals surface area (Å²) < 4.78 is 5.69. The Morgan fingerprint density at radius 2 is 1.88 bits per heavy atom. The lowest BCUT2D eigenvalue weighted by Gasteiger charge is -2.04. The van der Waals surface area contributed by atoms with Crippen molar-refractivity contribution in [2.45, 2.75) is 26.7 Å². The first kappa shape index (κ1) is 10.8. The summed E-state index contributed by atoms with van der Waals surface area (Å²) in [5.74, 6) is 1.90. The Morgan fingerprint density at radius 3 is 2.44 bits per heavy atom. The summed E-state index contributed by atoms with van der Waals surface area (Å²) in [6.07, 6.45) is 1.88. The number of rotatable bonds is 3. The number of hydrogen-bond donors (Lipinski definition) is 1. The highest BCUT2D eigenvalue weighted by atomic mass is 16.3. The molecule has 0 fully saturated rings. The fourth-order valence-electron chi connectivity index (χ4n) is 1.79. The average Bonchev–Trinajstić information content (AvgIpc) is 2.77. The molecule has 0 aliphatic rings. The van der Waals surface area contributed by atoms with Crippen molar-refractivity contribution in [3.8, 4) is 11.3 Å². The molecule has 84 valence electrons. The molecule has 0 saturated heterocycles. The van der Waals surface area contributed by atoms with Crippen LogP contribution in [0.5, 0.6) is 0 Å². The molecule has 0 bridgehead atoms. The summed E-state index contributed by atoms with van der Waals surface area (Å²) in [6, 6.07) is 10.1. The van der Waals surface area contributed by atoms with Crippen LogP contribution in [0.25, 0.3) is 11.3 Å². The van der Waals surface area contributed by atoms with Gasteiger partial charge >= 0.3 is 0 Å². The minimum atomic E-state index is 0.842. The Morgan fingerprint density at radius 1 is 1.06 bits per heavy atom. The average molecular weight is 215 g/mol. The smallest absolute Gasteiger partial charge is 0.134 e. The Balaban J connectivity index is 2.37. The van der Waals surface area contributed by atoms with Crippen LogP contribution in [0, 0.1) is 0 Å². The van der Waals surface area contributed by atoms with Gasteiger partial charge in [-0.05, 0) is 30.2 Å². The third-order valence-corrected chi connectivity index (χ3v) is 2.82. The van der Waals surface area contributed by atoms with Crippen LogP contribution in [-0.4, -0.2) is 0 Å². The Labute approximate surface area is 96.1 Å². The fourth-order valence-corrected chi connectivity index (χ4v) is 1.79. The molecule has 0 spiro atoms. The number of hydrogen-bond acceptors (Lipinski definition) is 2.